The normalized spacial score (nSPS) is 22.4. The number of aliphatic hydroxyl groups excluding tert-OH is 1. The maximum Gasteiger partial charge on any atom is 0.325 e. The fraction of sp³-hybridized carbons (Fsp3) is 0.714. The van der Waals surface area contributed by atoms with E-state index in [2.05, 4.69) is 21.2 Å². The summed E-state index contributed by atoms with van der Waals surface area (Å²) in [5, 5.41) is 10.6. The molecule has 14 heavy (non-hydrogen) atoms. The molecule has 0 saturated carbocycles. The van der Waals surface area contributed by atoms with Gasteiger partial charge in [0, 0.05) is 6.54 Å². The largest absolute Gasteiger partial charge is 0.394 e. The molecule has 0 aromatic carbocycles. The number of ether oxygens (including phenoxy) is 1. The molecule has 3 amide bonds. The number of imide groups is 1. The first-order valence-electron chi connectivity index (χ1n) is 4.07. The molecule has 1 unspecified atom stereocenters. The highest BCUT2D eigenvalue weighted by Gasteiger charge is 2.29. The van der Waals surface area contributed by atoms with E-state index in [1.165, 1.54) is 4.90 Å². The second-order valence-electron chi connectivity index (χ2n) is 2.75. The molecule has 0 aliphatic carbocycles. The van der Waals surface area contributed by atoms with Gasteiger partial charge in [0.05, 0.1) is 13.2 Å². The lowest BCUT2D eigenvalue weighted by Gasteiger charge is -2.28. The molecule has 0 spiro atoms. The van der Waals surface area contributed by atoms with Gasteiger partial charge in [0.1, 0.15) is 11.6 Å². The number of carbonyl (C=O) groups is 2. The first-order valence-corrected chi connectivity index (χ1v) is 4.99. The minimum atomic E-state index is -0.469. The van der Waals surface area contributed by atoms with Crippen molar-refractivity contribution in [1.82, 2.24) is 10.2 Å². The molecule has 1 fully saturated rings. The predicted molar refractivity (Wildman–Crippen MR) is 50.9 cm³/mol. The third-order valence-corrected chi connectivity index (χ3v) is 2.37. The fourth-order valence-electron chi connectivity index (χ4n) is 0.973. The van der Waals surface area contributed by atoms with Crippen molar-refractivity contribution in [1.29, 1.82) is 0 Å². The van der Waals surface area contributed by atoms with Gasteiger partial charge in [-0.3, -0.25) is 15.0 Å². The van der Waals surface area contributed by atoms with Crippen LogP contribution in [-0.2, 0) is 9.53 Å². The lowest BCUT2D eigenvalue weighted by atomic mass is 10.3. The Morgan fingerprint density at radius 3 is 3.00 bits per heavy atom. The average molecular weight is 267 g/mol. The van der Waals surface area contributed by atoms with E-state index in [1.807, 2.05) is 0 Å². The second kappa shape index (κ2) is 5.28. The highest BCUT2D eigenvalue weighted by molar-refractivity contribution is 9.10. The van der Waals surface area contributed by atoms with Crippen LogP contribution in [0.2, 0.25) is 0 Å². The van der Waals surface area contributed by atoms with Crippen molar-refractivity contribution in [3.8, 4) is 0 Å². The maximum atomic E-state index is 11.2. The lowest BCUT2D eigenvalue weighted by molar-refractivity contribution is -0.121. The average Bonchev–Trinajstić information content (AvgIpc) is 2.14. The first-order chi connectivity index (χ1) is 6.65. The monoisotopic (exact) mass is 266 g/mol. The summed E-state index contributed by atoms with van der Waals surface area (Å²) >= 11 is 3.12. The number of hydrogen-bond acceptors (Lipinski definition) is 4. The lowest BCUT2D eigenvalue weighted by Crippen LogP contribution is -2.55. The quantitative estimate of drug-likeness (QED) is 0.520. The highest BCUT2D eigenvalue weighted by atomic mass is 79.9. The standard InChI is InChI=1S/C7H11BrN2O4/c8-5-3-10(4-14-2-1-11)7(13)9-6(5)12/h5,11H,1-4H2,(H,9,12,13). The van der Waals surface area contributed by atoms with Gasteiger partial charge < -0.3 is 9.84 Å². The molecular formula is C7H11BrN2O4. The van der Waals surface area contributed by atoms with Gasteiger partial charge in [0.25, 0.3) is 0 Å². The van der Waals surface area contributed by atoms with E-state index in [0.29, 0.717) is 0 Å². The van der Waals surface area contributed by atoms with E-state index in [-0.39, 0.29) is 32.4 Å². The van der Waals surface area contributed by atoms with E-state index >= 15 is 0 Å². The summed E-state index contributed by atoms with van der Waals surface area (Å²) in [4.78, 5) is 23.1. The molecule has 1 aliphatic heterocycles. The van der Waals surface area contributed by atoms with Crippen molar-refractivity contribution in [2.75, 3.05) is 26.5 Å². The van der Waals surface area contributed by atoms with Crippen LogP contribution in [0.5, 0.6) is 0 Å². The minimum absolute atomic E-state index is 0.0712. The highest BCUT2D eigenvalue weighted by Crippen LogP contribution is 2.08. The number of aliphatic hydroxyl groups is 1. The van der Waals surface area contributed by atoms with Crippen LogP contribution in [0.3, 0.4) is 0 Å². The van der Waals surface area contributed by atoms with Crippen LogP contribution in [-0.4, -0.2) is 53.3 Å². The van der Waals surface area contributed by atoms with E-state index in [4.69, 9.17) is 9.84 Å². The molecule has 1 rings (SSSR count). The van der Waals surface area contributed by atoms with Gasteiger partial charge in [-0.2, -0.15) is 0 Å². The molecule has 7 heteroatoms. The van der Waals surface area contributed by atoms with E-state index in [1.54, 1.807) is 0 Å². The van der Waals surface area contributed by atoms with Crippen molar-refractivity contribution >= 4 is 27.9 Å². The summed E-state index contributed by atoms with van der Waals surface area (Å²) in [6, 6.07) is -0.469. The van der Waals surface area contributed by atoms with Crippen LogP contribution in [0, 0.1) is 0 Å². The Balaban J connectivity index is 2.37. The molecule has 0 bridgehead atoms. The summed E-state index contributed by atoms with van der Waals surface area (Å²) in [5.74, 6) is -0.339. The van der Waals surface area contributed by atoms with Gasteiger partial charge in [0.15, 0.2) is 0 Å². The molecule has 0 aromatic rings. The first kappa shape index (κ1) is 11.4. The van der Waals surface area contributed by atoms with Crippen LogP contribution in [0.25, 0.3) is 0 Å². The summed E-state index contributed by atoms with van der Waals surface area (Å²) in [6.07, 6.45) is 0. The third kappa shape index (κ3) is 2.93. The molecule has 1 saturated heterocycles. The van der Waals surface area contributed by atoms with Gasteiger partial charge >= 0.3 is 6.03 Å². The number of urea groups is 1. The minimum Gasteiger partial charge on any atom is -0.394 e. The molecule has 0 aromatic heterocycles. The van der Waals surface area contributed by atoms with E-state index < -0.39 is 10.9 Å². The molecule has 1 aliphatic rings. The van der Waals surface area contributed by atoms with Crippen molar-refractivity contribution in [2.24, 2.45) is 0 Å². The topological polar surface area (TPSA) is 78.9 Å². The Bertz CT molecular complexity index is 236. The Morgan fingerprint density at radius 1 is 1.64 bits per heavy atom. The van der Waals surface area contributed by atoms with Crippen molar-refractivity contribution in [3.63, 3.8) is 0 Å². The number of nitrogens with one attached hydrogen (secondary N) is 1. The van der Waals surface area contributed by atoms with Gasteiger partial charge in [-0.05, 0) is 0 Å². The van der Waals surface area contributed by atoms with Crippen LogP contribution in [0.15, 0.2) is 0 Å². The van der Waals surface area contributed by atoms with Gasteiger partial charge in [-0.15, -0.1) is 0 Å². The van der Waals surface area contributed by atoms with Crippen molar-refractivity contribution in [3.05, 3.63) is 0 Å². The smallest absolute Gasteiger partial charge is 0.325 e. The maximum absolute atomic E-state index is 11.2. The Hall–Kier alpha value is -0.660. The van der Waals surface area contributed by atoms with Gasteiger partial charge in [0.2, 0.25) is 5.91 Å². The molecule has 6 nitrogen and oxygen atoms in total. The van der Waals surface area contributed by atoms with Crippen LogP contribution < -0.4 is 5.32 Å². The van der Waals surface area contributed by atoms with E-state index in [9.17, 15) is 9.59 Å². The molecule has 80 valence electrons. The van der Waals surface area contributed by atoms with Crippen LogP contribution >= 0.6 is 15.9 Å². The molecule has 1 atom stereocenters. The molecular weight excluding hydrogens is 256 g/mol. The third-order valence-electron chi connectivity index (χ3n) is 1.67. The number of halogens is 1. The number of amides is 3. The summed E-state index contributed by atoms with van der Waals surface area (Å²) in [5.41, 5.74) is 0. The SMILES string of the molecule is O=C1NC(=O)N(COCCO)CC1Br. The zero-order valence-electron chi connectivity index (χ0n) is 7.40. The Labute approximate surface area is 89.3 Å². The number of alkyl halides is 1. The number of nitrogens with zero attached hydrogens (tertiary/aromatic N) is 1. The summed E-state index contributed by atoms with van der Waals surface area (Å²) < 4.78 is 4.96. The predicted octanol–water partition coefficient (Wildman–Crippen LogP) is -0.732. The Kier molecular flexibility index (Phi) is 4.30. The molecule has 0 radical (unpaired) electrons. The van der Waals surface area contributed by atoms with Crippen molar-refractivity contribution < 1.29 is 19.4 Å². The van der Waals surface area contributed by atoms with Gasteiger partial charge in [-0.1, -0.05) is 15.9 Å². The molecule has 2 N–H and O–H groups in total. The zero-order valence-corrected chi connectivity index (χ0v) is 8.99. The van der Waals surface area contributed by atoms with Crippen LogP contribution in [0.1, 0.15) is 0 Å². The summed E-state index contributed by atoms with van der Waals surface area (Å²) in [7, 11) is 0. The van der Waals surface area contributed by atoms with Crippen molar-refractivity contribution in [2.45, 2.75) is 4.83 Å². The number of hydrogen-bond donors (Lipinski definition) is 2. The fourth-order valence-corrected chi connectivity index (χ4v) is 1.44. The number of carbonyl (C=O) groups excluding carboxylic acids is 2. The Morgan fingerprint density at radius 2 is 2.36 bits per heavy atom. The number of rotatable bonds is 4. The van der Waals surface area contributed by atoms with Crippen LogP contribution in [0.4, 0.5) is 4.79 Å². The zero-order chi connectivity index (χ0) is 10.6. The second-order valence-corrected chi connectivity index (χ2v) is 3.85. The van der Waals surface area contributed by atoms with Gasteiger partial charge in [-0.25, -0.2) is 4.79 Å². The summed E-state index contributed by atoms with van der Waals surface area (Å²) in [6.45, 7) is 0.425. The van der Waals surface area contributed by atoms with E-state index in [0.717, 1.165) is 0 Å². The molecule has 1 heterocycles.